The molecule has 1 atom stereocenters. The maximum Gasteiger partial charge on any atom is 0.269 e. The number of primary amides is 1. The van der Waals surface area contributed by atoms with Gasteiger partial charge in [-0.25, -0.2) is 0 Å². The smallest absolute Gasteiger partial charge is 0.269 e. The summed E-state index contributed by atoms with van der Waals surface area (Å²) in [7, 11) is 0. The van der Waals surface area contributed by atoms with Crippen molar-refractivity contribution >= 4 is 39.9 Å². The number of amides is 2. The number of nitrogens with one attached hydrogen (secondary N) is 1. The van der Waals surface area contributed by atoms with Gasteiger partial charge in [-0.15, -0.1) is 11.3 Å². The molecule has 140 valence electrons. The Morgan fingerprint density at radius 2 is 2.04 bits per heavy atom. The summed E-state index contributed by atoms with van der Waals surface area (Å²) in [6, 6.07) is 5.86. The first-order valence-electron chi connectivity index (χ1n) is 8.53. The Balaban J connectivity index is 1.76. The first-order valence-corrected chi connectivity index (χ1v) is 9.34. The van der Waals surface area contributed by atoms with Crippen molar-refractivity contribution in [2.45, 2.75) is 26.2 Å². The fraction of sp³-hybridized carbons (Fsp3) is 0.263. The first kappa shape index (κ1) is 18.8. The molecule has 0 bridgehead atoms. The normalized spacial score (nSPS) is 16.1. The third kappa shape index (κ3) is 4.22. The summed E-state index contributed by atoms with van der Waals surface area (Å²) in [4.78, 5) is 35.4. The van der Waals surface area contributed by atoms with Crippen molar-refractivity contribution in [3.63, 3.8) is 0 Å². The molecule has 1 aromatic heterocycles. The van der Waals surface area contributed by atoms with Crippen molar-refractivity contribution < 1.29 is 14.5 Å². The average Bonchev–Trinajstić information content (AvgIpc) is 2.97. The number of thiophene rings is 1. The van der Waals surface area contributed by atoms with Crippen molar-refractivity contribution in [3.8, 4) is 0 Å². The fourth-order valence-corrected chi connectivity index (χ4v) is 4.55. The molecule has 1 aliphatic rings. The highest BCUT2D eigenvalue weighted by Crippen LogP contribution is 2.39. The molecule has 2 amide bonds. The highest BCUT2D eigenvalue weighted by Gasteiger charge is 2.26. The molecule has 3 N–H and O–H groups in total. The number of anilines is 1. The van der Waals surface area contributed by atoms with Gasteiger partial charge in [0, 0.05) is 23.1 Å². The first-order chi connectivity index (χ1) is 12.8. The molecule has 1 aliphatic carbocycles. The summed E-state index contributed by atoms with van der Waals surface area (Å²) in [5.41, 5.74) is 7.56. The standard InChI is InChI=1S/C19H19N3O4S/c1-11-2-8-14-15(10-11)27-19(17(14)18(20)24)21-16(23)9-5-12-3-6-13(7-4-12)22(25)26/h3-7,9,11H,2,8,10H2,1H3,(H2,20,24)(H,21,23)/b9-5+/t11-/m1/s1. The van der Waals surface area contributed by atoms with Gasteiger partial charge in [-0.1, -0.05) is 6.92 Å². The number of carbonyl (C=O) groups excluding carboxylic acids is 2. The molecule has 0 unspecified atom stereocenters. The predicted octanol–water partition coefficient (Wildman–Crippen LogP) is 3.53. The summed E-state index contributed by atoms with van der Waals surface area (Å²) in [6.07, 6.45) is 5.55. The molecular weight excluding hydrogens is 366 g/mol. The van der Waals surface area contributed by atoms with Crippen molar-refractivity contribution in [3.05, 3.63) is 62.0 Å². The van der Waals surface area contributed by atoms with Gasteiger partial charge < -0.3 is 11.1 Å². The number of nitro groups is 1. The predicted molar refractivity (Wildman–Crippen MR) is 105 cm³/mol. The van der Waals surface area contributed by atoms with Gasteiger partial charge in [0.2, 0.25) is 5.91 Å². The van der Waals surface area contributed by atoms with E-state index in [-0.39, 0.29) is 11.6 Å². The maximum atomic E-state index is 12.3. The van der Waals surface area contributed by atoms with E-state index in [1.54, 1.807) is 18.2 Å². The topological polar surface area (TPSA) is 115 Å². The molecule has 0 saturated heterocycles. The third-order valence-corrected chi connectivity index (χ3v) is 5.70. The van der Waals surface area contributed by atoms with Crippen LogP contribution in [0.5, 0.6) is 0 Å². The van der Waals surface area contributed by atoms with Gasteiger partial charge in [-0.2, -0.15) is 0 Å². The molecular formula is C19H19N3O4S. The van der Waals surface area contributed by atoms with E-state index in [4.69, 9.17) is 5.73 Å². The fourth-order valence-electron chi connectivity index (χ4n) is 3.13. The number of non-ortho nitro benzene ring substituents is 1. The van der Waals surface area contributed by atoms with E-state index in [1.165, 1.54) is 29.5 Å². The highest BCUT2D eigenvalue weighted by atomic mass is 32.1. The van der Waals surface area contributed by atoms with Crippen molar-refractivity contribution in [1.82, 2.24) is 0 Å². The SMILES string of the molecule is C[C@@H]1CCc2c(sc(NC(=O)/C=C/c3ccc([N+](=O)[O-])cc3)c2C(N)=O)C1. The zero-order valence-corrected chi connectivity index (χ0v) is 15.5. The van der Waals surface area contributed by atoms with Crippen molar-refractivity contribution in [2.24, 2.45) is 11.7 Å². The third-order valence-electron chi connectivity index (χ3n) is 4.53. The van der Waals surface area contributed by atoms with Gasteiger partial charge in [-0.3, -0.25) is 19.7 Å². The van der Waals surface area contributed by atoms with E-state index in [2.05, 4.69) is 12.2 Å². The monoisotopic (exact) mass is 385 g/mol. The summed E-state index contributed by atoms with van der Waals surface area (Å²) < 4.78 is 0. The Bertz CT molecular complexity index is 931. The lowest BCUT2D eigenvalue weighted by atomic mass is 9.88. The molecule has 3 rings (SSSR count). The quantitative estimate of drug-likeness (QED) is 0.465. The van der Waals surface area contributed by atoms with Crippen LogP contribution in [0.15, 0.2) is 30.3 Å². The van der Waals surface area contributed by atoms with Crippen molar-refractivity contribution in [1.29, 1.82) is 0 Å². The van der Waals surface area contributed by atoms with Crippen LogP contribution in [0.3, 0.4) is 0 Å². The Morgan fingerprint density at radius 1 is 1.33 bits per heavy atom. The highest BCUT2D eigenvalue weighted by molar-refractivity contribution is 7.17. The van der Waals surface area contributed by atoms with E-state index >= 15 is 0 Å². The van der Waals surface area contributed by atoms with Gasteiger partial charge in [0.05, 0.1) is 10.5 Å². The number of benzene rings is 1. The zero-order chi connectivity index (χ0) is 19.6. The summed E-state index contributed by atoms with van der Waals surface area (Å²) in [5, 5.41) is 13.9. The van der Waals surface area contributed by atoms with E-state index in [9.17, 15) is 19.7 Å². The van der Waals surface area contributed by atoms with Crippen LogP contribution in [0.25, 0.3) is 6.08 Å². The molecule has 2 aromatic rings. The lowest BCUT2D eigenvalue weighted by Gasteiger charge is -2.18. The largest absolute Gasteiger partial charge is 0.365 e. The number of fused-ring (bicyclic) bond motifs is 1. The number of rotatable bonds is 5. The van der Waals surface area contributed by atoms with Crippen LogP contribution >= 0.6 is 11.3 Å². The second-order valence-electron chi connectivity index (χ2n) is 6.59. The Hall–Kier alpha value is -3.00. The molecule has 8 heteroatoms. The Kier molecular flexibility index (Phi) is 5.36. The number of nitrogens with two attached hydrogens (primary N) is 1. The summed E-state index contributed by atoms with van der Waals surface area (Å²) in [5.74, 6) is -0.373. The summed E-state index contributed by atoms with van der Waals surface area (Å²) >= 11 is 1.41. The van der Waals surface area contributed by atoms with Crippen LogP contribution in [0.4, 0.5) is 10.7 Å². The molecule has 27 heavy (non-hydrogen) atoms. The average molecular weight is 385 g/mol. The van der Waals surface area contributed by atoms with Gasteiger partial charge in [0.15, 0.2) is 0 Å². The molecule has 1 heterocycles. The molecule has 0 saturated carbocycles. The lowest BCUT2D eigenvalue weighted by Crippen LogP contribution is -2.18. The van der Waals surface area contributed by atoms with Gasteiger partial charge in [-0.05, 0) is 54.5 Å². The second kappa shape index (κ2) is 7.71. The molecule has 1 aromatic carbocycles. The lowest BCUT2D eigenvalue weighted by molar-refractivity contribution is -0.384. The van der Waals surface area contributed by atoms with Crippen LogP contribution < -0.4 is 11.1 Å². The molecule has 0 spiro atoms. The van der Waals surface area contributed by atoms with Crippen LogP contribution in [-0.2, 0) is 17.6 Å². The van der Waals surface area contributed by atoms with E-state index in [1.807, 2.05) is 0 Å². The van der Waals surface area contributed by atoms with Gasteiger partial charge in [0.25, 0.3) is 11.6 Å². The summed E-state index contributed by atoms with van der Waals surface area (Å²) in [6.45, 7) is 2.16. The van der Waals surface area contributed by atoms with Crippen LogP contribution in [0.2, 0.25) is 0 Å². The zero-order valence-electron chi connectivity index (χ0n) is 14.7. The number of nitro benzene ring substituents is 1. The minimum atomic E-state index is -0.531. The maximum absolute atomic E-state index is 12.3. The van der Waals surface area contributed by atoms with Crippen LogP contribution in [0, 0.1) is 16.0 Å². The number of nitrogens with zero attached hydrogens (tertiary/aromatic N) is 1. The van der Waals surface area contributed by atoms with Gasteiger partial charge >= 0.3 is 0 Å². The second-order valence-corrected chi connectivity index (χ2v) is 7.70. The molecule has 0 aliphatic heterocycles. The van der Waals surface area contributed by atoms with Crippen LogP contribution in [-0.4, -0.2) is 16.7 Å². The Morgan fingerprint density at radius 3 is 2.67 bits per heavy atom. The minimum Gasteiger partial charge on any atom is -0.365 e. The number of hydrogen-bond acceptors (Lipinski definition) is 5. The Labute approximate surface area is 160 Å². The van der Waals surface area contributed by atoms with E-state index < -0.39 is 10.8 Å². The van der Waals surface area contributed by atoms with Crippen molar-refractivity contribution in [2.75, 3.05) is 5.32 Å². The van der Waals surface area contributed by atoms with E-state index in [0.717, 1.165) is 29.7 Å². The minimum absolute atomic E-state index is 0.0129. The molecule has 0 fully saturated rings. The van der Waals surface area contributed by atoms with E-state index in [0.29, 0.717) is 22.0 Å². The number of hydrogen-bond donors (Lipinski definition) is 2. The van der Waals surface area contributed by atoms with Gasteiger partial charge in [0.1, 0.15) is 5.00 Å². The molecule has 0 radical (unpaired) electrons. The number of carbonyl (C=O) groups is 2. The molecule has 7 nitrogen and oxygen atoms in total. The van der Waals surface area contributed by atoms with Crippen LogP contribution in [0.1, 0.15) is 39.7 Å².